The normalized spacial score (nSPS) is 10.6. The van der Waals surface area contributed by atoms with Gasteiger partial charge in [-0.1, -0.05) is 36.4 Å². The molecule has 0 atom stereocenters. The zero-order chi connectivity index (χ0) is 19.8. The minimum Gasteiger partial charge on any atom is -0.465 e. The third kappa shape index (κ3) is 5.31. The Morgan fingerprint density at radius 1 is 1.07 bits per heavy atom. The van der Waals surface area contributed by atoms with E-state index in [2.05, 4.69) is 10.6 Å². The van der Waals surface area contributed by atoms with Crippen LogP contribution in [0.1, 0.15) is 20.8 Å². The summed E-state index contributed by atoms with van der Waals surface area (Å²) < 4.78 is 4.88. The molecule has 0 saturated heterocycles. The van der Waals surface area contributed by atoms with Gasteiger partial charge in [0.15, 0.2) is 0 Å². The van der Waals surface area contributed by atoms with Gasteiger partial charge >= 0.3 is 5.97 Å². The fraction of sp³-hybridized carbons (Fsp3) is 0.0909. The van der Waals surface area contributed by atoms with Crippen LogP contribution in [0.2, 0.25) is 0 Å². The van der Waals surface area contributed by atoms with Crippen LogP contribution in [0.4, 0.5) is 11.4 Å². The Hall–Kier alpha value is -3.38. The van der Waals surface area contributed by atoms with Gasteiger partial charge < -0.3 is 15.4 Å². The largest absolute Gasteiger partial charge is 0.465 e. The maximum Gasteiger partial charge on any atom is 0.340 e. The molecule has 1 aromatic heterocycles. The molecule has 2 aromatic carbocycles. The van der Waals surface area contributed by atoms with Gasteiger partial charge in [0.05, 0.1) is 12.7 Å². The Bertz CT molecular complexity index is 967. The number of nitrogens with one attached hydrogen (secondary N) is 2. The van der Waals surface area contributed by atoms with E-state index in [-0.39, 0.29) is 5.91 Å². The van der Waals surface area contributed by atoms with Gasteiger partial charge in [0.2, 0.25) is 5.91 Å². The molecule has 5 nitrogen and oxygen atoms in total. The topological polar surface area (TPSA) is 67.4 Å². The van der Waals surface area contributed by atoms with Crippen molar-refractivity contribution >= 4 is 40.7 Å². The first-order valence-electron chi connectivity index (χ1n) is 8.68. The summed E-state index contributed by atoms with van der Waals surface area (Å²) in [5, 5.41) is 7.96. The highest BCUT2D eigenvalue weighted by atomic mass is 32.1. The number of benzene rings is 2. The predicted molar refractivity (Wildman–Crippen MR) is 114 cm³/mol. The van der Waals surface area contributed by atoms with E-state index in [0.29, 0.717) is 23.5 Å². The van der Waals surface area contributed by atoms with E-state index in [0.717, 1.165) is 10.4 Å². The maximum absolute atomic E-state index is 12.2. The van der Waals surface area contributed by atoms with E-state index in [1.807, 2.05) is 47.8 Å². The summed E-state index contributed by atoms with van der Waals surface area (Å²) in [4.78, 5) is 25.3. The zero-order valence-electron chi connectivity index (χ0n) is 15.3. The highest BCUT2D eigenvalue weighted by Gasteiger charge is 2.13. The van der Waals surface area contributed by atoms with E-state index >= 15 is 0 Å². The maximum atomic E-state index is 12.2. The number of methoxy groups -OCH3 is 1. The highest BCUT2D eigenvalue weighted by molar-refractivity contribution is 7.10. The third-order valence-electron chi connectivity index (χ3n) is 3.96. The number of anilines is 2. The van der Waals surface area contributed by atoms with Gasteiger partial charge in [-0.05, 0) is 41.3 Å². The monoisotopic (exact) mass is 392 g/mol. The predicted octanol–water partition coefficient (Wildman–Crippen LogP) is 4.80. The van der Waals surface area contributed by atoms with Crippen LogP contribution < -0.4 is 10.6 Å². The summed E-state index contributed by atoms with van der Waals surface area (Å²) in [7, 11) is 1.33. The summed E-state index contributed by atoms with van der Waals surface area (Å²) in [6.07, 6.45) is 3.21. The molecule has 0 saturated carbocycles. The second-order valence-electron chi connectivity index (χ2n) is 5.93. The summed E-state index contributed by atoms with van der Waals surface area (Å²) in [5.74, 6) is -0.741. The molecule has 0 unspecified atom stereocenters. The molecule has 0 bridgehead atoms. The lowest BCUT2D eigenvalue weighted by Gasteiger charge is -2.13. The Kier molecular flexibility index (Phi) is 6.59. The van der Waals surface area contributed by atoms with Crippen molar-refractivity contribution in [2.75, 3.05) is 17.7 Å². The number of carbonyl (C=O) groups is 2. The van der Waals surface area contributed by atoms with E-state index in [1.165, 1.54) is 13.2 Å². The van der Waals surface area contributed by atoms with Crippen LogP contribution in [-0.2, 0) is 16.1 Å². The van der Waals surface area contributed by atoms with Crippen LogP contribution >= 0.6 is 11.3 Å². The lowest BCUT2D eigenvalue weighted by Crippen LogP contribution is -2.12. The number of amides is 1. The third-order valence-corrected chi connectivity index (χ3v) is 4.80. The first kappa shape index (κ1) is 19.4. The van der Waals surface area contributed by atoms with Crippen molar-refractivity contribution in [2.24, 2.45) is 0 Å². The molecule has 142 valence electrons. The number of hydrogen-bond donors (Lipinski definition) is 2. The summed E-state index contributed by atoms with van der Waals surface area (Å²) >= 11 is 1.55. The first-order chi connectivity index (χ1) is 13.7. The van der Waals surface area contributed by atoms with Crippen molar-refractivity contribution in [3.8, 4) is 0 Å². The summed E-state index contributed by atoms with van der Waals surface area (Å²) in [6, 6.07) is 18.8. The number of rotatable bonds is 7. The molecule has 1 heterocycles. The van der Waals surface area contributed by atoms with Crippen LogP contribution in [0.25, 0.3) is 6.08 Å². The van der Waals surface area contributed by atoms with Gasteiger partial charge in [0, 0.05) is 28.9 Å². The van der Waals surface area contributed by atoms with Crippen molar-refractivity contribution in [3.05, 3.63) is 88.1 Å². The second-order valence-corrected chi connectivity index (χ2v) is 6.91. The van der Waals surface area contributed by atoms with E-state index < -0.39 is 5.97 Å². The highest BCUT2D eigenvalue weighted by Crippen LogP contribution is 2.22. The Balaban J connectivity index is 1.72. The van der Waals surface area contributed by atoms with Crippen molar-refractivity contribution in [1.82, 2.24) is 0 Å². The molecular weight excluding hydrogens is 372 g/mol. The van der Waals surface area contributed by atoms with Crippen LogP contribution in [-0.4, -0.2) is 19.0 Å². The molecule has 0 aliphatic heterocycles. The van der Waals surface area contributed by atoms with Gasteiger partial charge in [-0.15, -0.1) is 11.3 Å². The molecular formula is C22H20N2O3S. The van der Waals surface area contributed by atoms with Crippen molar-refractivity contribution in [2.45, 2.75) is 6.54 Å². The molecule has 0 aliphatic rings. The number of thiophene rings is 1. The fourth-order valence-corrected chi connectivity index (χ4v) is 3.19. The number of carbonyl (C=O) groups excluding carboxylic acids is 2. The second kappa shape index (κ2) is 9.53. The molecule has 6 heteroatoms. The Labute approximate surface area is 167 Å². The molecule has 0 spiro atoms. The van der Waals surface area contributed by atoms with Crippen LogP contribution in [0, 0.1) is 0 Å². The first-order valence-corrected chi connectivity index (χ1v) is 9.56. The summed E-state index contributed by atoms with van der Waals surface area (Å²) in [5.41, 5.74) is 2.61. The van der Waals surface area contributed by atoms with Gasteiger partial charge in [-0.2, -0.15) is 0 Å². The van der Waals surface area contributed by atoms with Crippen molar-refractivity contribution in [3.63, 3.8) is 0 Å². The van der Waals surface area contributed by atoms with Crippen molar-refractivity contribution in [1.29, 1.82) is 0 Å². The van der Waals surface area contributed by atoms with Crippen LogP contribution in [0.5, 0.6) is 0 Å². The molecule has 0 aliphatic carbocycles. The fourth-order valence-electron chi connectivity index (χ4n) is 2.58. The molecule has 3 rings (SSSR count). The number of esters is 1. The zero-order valence-corrected chi connectivity index (χ0v) is 16.2. The van der Waals surface area contributed by atoms with Crippen LogP contribution in [0.3, 0.4) is 0 Å². The standard InChI is InChI=1S/C22H20N2O3S/c1-27-22(26)19-14-17(24-21(25)12-10-18-8-5-13-28-18)9-11-20(19)23-15-16-6-3-2-4-7-16/h2-14,23H,15H2,1H3,(H,24,25)/b12-10+. The molecule has 0 radical (unpaired) electrons. The van der Waals surface area contributed by atoms with E-state index in [4.69, 9.17) is 4.74 Å². The average molecular weight is 392 g/mol. The lowest BCUT2D eigenvalue weighted by atomic mass is 10.1. The average Bonchev–Trinajstić information content (AvgIpc) is 3.25. The van der Waals surface area contributed by atoms with Crippen LogP contribution in [0.15, 0.2) is 72.1 Å². The number of hydrogen-bond acceptors (Lipinski definition) is 5. The van der Waals surface area contributed by atoms with Gasteiger partial charge in [0.25, 0.3) is 0 Å². The van der Waals surface area contributed by atoms with E-state index in [9.17, 15) is 9.59 Å². The van der Waals surface area contributed by atoms with Gasteiger partial charge in [0.1, 0.15) is 0 Å². The molecule has 0 fully saturated rings. The molecule has 28 heavy (non-hydrogen) atoms. The minimum atomic E-state index is -0.471. The van der Waals surface area contributed by atoms with Crippen molar-refractivity contribution < 1.29 is 14.3 Å². The SMILES string of the molecule is COC(=O)c1cc(NC(=O)/C=C/c2cccs2)ccc1NCc1ccccc1. The summed E-state index contributed by atoms with van der Waals surface area (Å²) in [6.45, 7) is 0.570. The lowest BCUT2D eigenvalue weighted by molar-refractivity contribution is -0.111. The Morgan fingerprint density at radius 2 is 1.89 bits per heavy atom. The molecule has 1 amide bonds. The minimum absolute atomic E-state index is 0.269. The molecule has 3 aromatic rings. The quantitative estimate of drug-likeness (QED) is 0.448. The van der Waals surface area contributed by atoms with Gasteiger partial charge in [-0.3, -0.25) is 4.79 Å². The molecule has 2 N–H and O–H groups in total. The van der Waals surface area contributed by atoms with E-state index in [1.54, 1.807) is 35.6 Å². The number of ether oxygens (including phenoxy) is 1. The Morgan fingerprint density at radius 3 is 2.61 bits per heavy atom. The van der Waals surface area contributed by atoms with Gasteiger partial charge in [-0.25, -0.2) is 4.79 Å². The smallest absolute Gasteiger partial charge is 0.340 e.